The summed E-state index contributed by atoms with van der Waals surface area (Å²) in [5, 5.41) is 0. The largest absolute Gasteiger partial charge is 0.382 e. The molecule has 1 saturated heterocycles. The van der Waals surface area contributed by atoms with Crippen molar-refractivity contribution in [2.24, 2.45) is 5.92 Å². The second-order valence-corrected chi connectivity index (χ2v) is 9.82. The molecule has 1 heterocycles. The molecule has 2 rings (SSSR count). The number of methoxy groups -OCH3 is 1. The van der Waals surface area contributed by atoms with Crippen molar-refractivity contribution in [1.29, 1.82) is 0 Å². The number of hydrogen-bond donors (Lipinski definition) is 0. The Morgan fingerprint density at radius 1 is 1.10 bits per heavy atom. The first kappa shape index (κ1) is 25.1. The van der Waals surface area contributed by atoms with Crippen LogP contribution in [-0.2, 0) is 21.3 Å². The third kappa shape index (κ3) is 8.17. The molecule has 0 aromatic heterocycles. The van der Waals surface area contributed by atoms with Crippen molar-refractivity contribution >= 4 is 0 Å². The van der Waals surface area contributed by atoms with Gasteiger partial charge in [0.25, 0.3) is 0 Å². The SMILES string of the molecule is CCc1ccc(C(C)(C)CC(C=C(C)C)N2CCC(CCOCCOC)CC2)cc1. The lowest BCUT2D eigenvalue weighted by Crippen LogP contribution is -2.43. The number of likely N-dealkylation sites (tertiary alicyclic amines) is 1. The summed E-state index contributed by atoms with van der Waals surface area (Å²) in [4.78, 5) is 2.72. The van der Waals surface area contributed by atoms with Gasteiger partial charge in [-0.05, 0) is 81.5 Å². The second kappa shape index (κ2) is 12.6. The van der Waals surface area contributed by atoms with Crippen molar-refractivity contribution < 1.29 is 9.47 Å². The highest BCUT2D eigenvalue weighted by atomic mass is 16.5. The van der Waals surface area contributed by atoms with E-state index in [1.54, 1.807) is 7.11 Å². The van der Waals surface area contributed by atoms with E-state index in [2.05, 4.69) is 69.9 Å². The van der Waals surface area contributed by atoms with Crippen molar-refractivity contribution in [2.45, 2.75) is 78.2 Å². The molecule has 3 nitrogen and oxygen atoms in total. The van der Waals surface area contributed by atoms with E-state index in [1.165, 1.54) is 49.1 Å². The molecule has 0 N–H and O–H groups in total. The Morgan fingerprint density at radius 2 is 1.77 bits per heavy atom. The molecular formula is C27H45NO2. The molecule has 0 spiro atoms. The van der Waals surface area contributed by atoms with Crippen molar-refractivity contribution in [1.82, 2.24) is 4.90 Å². The summed E-state index contributed by atoms with van der Waals surface area (Å²) in [7, 11) is 1.73. The number of benzene rings is 1. The molecule has 170 valence electrons. The van der Waals surface area contributed by atoms with E-state index >= 15 is 0 Å². The van der Waals surface area contributed by atoms with Crippen molar-refractivity contribution in [3.8, 4) is 0 Å². The molecule has 0 amide bonds. The van der Waals surface area contributed by atoms with Gasteiger partial charge < -0.3 is 9.47 Å². The molecule has 3 heteroatoms. The molecular weight excluding hydrogens is 370 g/mol. The lowest BCUT2D eigenvalue weighted by Gasteiger charge is -2.40. The Bertz CT molecular complexity index is 623. The van der Waals surface area contributed by atoms with Crippen LogP contribution in [0.25, 0.3) is 0 Å². The highest BCUT2D eigenvalue weighted by Crippen LogP contribution is 2.33. The molecule has 1 aromatic carbocycles. The molecule has 1 aliphatic heterocycles. The minimum absolute atomic E-state index is 0.162. The van der Waals surface area contributed by atoms with Crippen LogP contribution in [0, 0.1) is 5.92 Å². The standard InChI is InChI=1S/C27H45NO2/c1-7-23-8-10-25(11-9-23)27(4,5)21-26(20-22(2)3)28-15-12-24(13-16-28)14-17-30-19-18-29-6/h8-11,20,24,26H,7,12-19,21H2,1-6H3. The number of ether oxygens (including phenoxy) is 2. The summed E-state index contributed by atoms with van der Waals surface area (Å²) < 4.78 is 10.7. The van der Waals surface area contributed by atoms with Gasteiger partial charge in [-0.1, -0.05) is 56.7 Å². The van der Waals surface area contributed by atoms with Gasteiger partial charge >= 0.3 is 0 Å². The van der Waals surface area contributed by atoms with E-state index in [0.717, 1.165) is 25.4 Å². The molecule has 30 heavy (non-hydrogen) atoms. The topological polar surface area (TPSA) is 21.7 Å². The molecule has 1 aliphatic rings. The zero-order valence-electron chi connectivity index (χ0n) is 20.4. The average molecular weight is 416 g/mol. The lowest BCUT2D eigenvalue weighted by molar-refractivity contribution is 0.0549. The van der Waals surface area contributed by atoms with Gasteiger partial charge in [0.15, 0.2) is 0 Å². The summed E-state index contributed by atoms with van der Waals surface area (Å²) in [6.45, 7) is 16.2. The summed E-state index contributed by atoms with van der Waals surface area (Å²) in [6, 6.07) is 9.79. The van der Waals surface area contributed by atoms with Gasteiger partial charge in [-0.15, -0.1) is 0 Å². The first-order valence-corrected chi connectivity index (χ1v) is 11.9. The fourth-order valence-electron chi connectivity index (χ4n) is 4.58. The first-order valence-electron chi connectivity index (χ1n) is 11.9. The van der Waals surface area contributed by atoms with Crippen LogP contribution < -0.4 is 0 Å². The maximum atomic E-state index is 5.69. The molecule has 1 unspecified atom stereocenters. The fourth-order valence-corrected chi connectivity index (χ4v) is 4.58. The Kier molecular flexibility index (Phi) is 10.6. The Labute approximate surface area is 185 Å². The van der Waals surface area contributed by atoms with Gasteiger partial charge in [-0.3, -0.25) is 4.90 Å². The zero-order chi connectivity index (χ0) is 22.0. The third-order valence-corrected chi connectivity index (χ3v) is 6.61. The minimum atomic E-state index is 0.162. The van der Waals surface area contributed by atoms with E-state index in [0.29, 0.717) is 19.3 Å². The van der Waals surface area contributed by atoms with E-state index in [9.17, 15) is 0 Å². The second-order valence-electron chi connectivity index (χ2n) is 9.82. The van der Waals surface area contributed by atoms with Crippen LogP contribution in [0.4, 0.5) is 0 Å². The van der Waals surface area contributed by atoms with Crippen LogP contribution in [0.5, 0.6) is 0 Å². The average Bonchev–Trinajstić information content (AvgIpc) is 2.73. The van der Waals surface area contributed by atoms with Gasteiger partial charge in [-0.25, -0.2) is 0 Å². The van der Waals surface area contributed by atoms with Gasteiger partial charge in [0.1, 0.15) is 0 Å². The van der Waals surface area contributed by atoms with E-state index < -0.39 is 0 Å². The van der Waals surface area contributed by atoms with E-state index in [4.69, 9.17) is 9.47 Å². The minimum Gasteiger partial charge on any atom is -0.382 e. The number of allylic oxidation sites excluding steroid dienone is 1. The normalized spacial score (nSPS) is 17.1. The van der Waals surface area contributed by atoms with Gasteiger partial charge in [0.05, 0.1) is 13.2 Å². The third-order valence-electron chi connectivity index (χ3n) is 6.61. The number of hydrogen-bond acceptors (Lipinski definition) is 3. The fraction of sp³-hybridized carbons (Fsp3) is 0.704. The van der Waals surface area contributed by atoms with Gasteiger partial charge in [0, 0.05) is 19.8 Å². The van der Waals surface area contributed by atoms with Gasteiger partial charge in [0.2, 0.25) is 0 Å². The monoisotopic (exact) mass is 415 g/mol. The quantitative estimate of drug-likeness (QED) is 0.308. The molecule has 1 aromatic rings. The molecule has 0 radical (unpaired) electrons. The smallest absolute Gasteiger partial charge is 0.0700 e. The maximum absolute atomic E-state index is 5.69. The van der Waals surface area contributed by atoms with Crippen molar-refractivity contribution in [3.05, 3.63) is 47.0 Å². The number of aryl methyl sites for hydroxylation is 1. The number of piperidine rings is 1. The van der Waals surface area contributed by atoms with Crippen LogP contribution in [-0.4, -0.2) is 51.0 Å². The summed E-state index contributed by atoms with van der Waals surface area (Å²) in [5.74, 6) is 0.797. The summed E-state index contributed by atoms with van der Waals surface area (Å²) in [5.41, 5.74) is 4.46. The molecule has 0 bridgehead atoms. The zero-order valence-corrected chi connectivity index (χ0v) is 20.4. The molecule has 0 saturated carbocycles. The summed E-state index contributed by atoms with van der Waals surface area (Å²) >= 11 is 0. The predicted molar refractivity (Wildman–Crippen MR) is 128 cm³/mol. The Balaban J connectivity index is 1.93. The van der Waals surface area contributed by atoms with Crippen molar-refractivity contribution in [2.75, 3.05) is 40.0 Å². The van der Waals surface area contributed by atoms with Crippen LogP contribution in [0.1, 0.15) is 71.4 Å². The van der Waals surface area contributed by atoms with Gasteiger partial charge in [-0.2, -0.15) is 0 Å². The number of rotatable bonds is 12. The Hall–Kier alpha value is -1.16. The predicted octanol–water partition coefficient (Wildman–Crippen LogP) is 6.02. The number of nitrogens with zero attached hydrogens (tertiary/aromatic N) is 1. The highest BCUT2D eigenvalue weighted by Gasteiger charge is 2.30. The molecule has 0 aliphatic carbocycles. The highest BCUT2D eigenvalue weighted by molar-refractivity contribution is 5.29. The lowest BCUT2D eigenvalue weighted by atomic mass is 9.77. The molecule has 1 fully saturated rings. The van der Waals surface area contributed by atoms with Crippen molar-refractivity contribution in [3.63, 3.8) is 0 Å². The van der Waals surface area contributed by atoms with E-state index in [1.807, 2.05) is 0 Å². The maximum Gasteiger partial charge on any atom is 0.0700 e. The van der Waals surface area contributed by atoms with E-state index in [-0.39, 0.29) is 5.41 Å². The first-order chi connectivity index (χ1) is 14.4. The molecule has 1 atom stereocenters. The van der Waals surface area contributed by atoms with Crippen LogP contribution in [0.2, 0.25) is 0 Å². The van der Waals surface area contributed by atoms with Crippen LogP contribution in [0.15, 0.2) is 35.9 Å². The van der Waals surface area contributed by atoms with Crippen LogP contribution in [0.3, 0.4) is 0 Å². The Morgan fingerprint density at radius 3 is 2.33 bits per heavy atom. The summed E-state index contributed by atoms with van der Waals surface area (Å²) in [6.07, 6.45) is 8.51. The van der Waals surface area contributed by atoms with Crippen LogP contribution >= 0.6 is 0 Å².